The van der Waals surface area contributed by atoms with E-state index in [9.17, 15) is 4.79 Å². The van der Waals surface area contributed by atoms with E-state index in [-0.39, 0.29) is 11.8 Å². The largest absolute Gasteiger partial charge is 0.330 e. The molecular formula is C12H21N5O. The van der Waals surface area contributed by atoms with Crippen LogP contribution in [0.4, 0.5) is 5.82 Å². The van der Waals surface area contributed by atoms with E-state index < -0.39 is 0 Å². The highest BCUT2D eigenvalue weighted by Crippen LogP contribution is 2.18. The topological polar surface area (TPSA) is 85.0 Å². The molecule has 1 aromatic rings. The van der Waals surface area contributed by atoms with Crippen LogP contribution in [0.3, 0.4) is 0 Å². The van der Waals surface area contributed by atoms with Crippen LogP contribution < -0.4 is 16.4 Å². The zero-order chi connectivity index (χ0) is 13.0. The van der Waals surface area contributed by atoms with Crippen molar-refractivity contribution < 1.29 is 4.79 Å². The molecule has 1 fully saturated rings. The number of carbonyl (C=O) groups excluding carboxylic acids is 1. The number of anilines is 1. The monoisotopic (exact) mass is 251 g/mol. The molecule has 1 unspecified atom stereocenters. The Kier molecular flexibility index (Phi) is 4.33. The van der Waals surface area contributed by atoms with E-state index in [4.69, 9.17) is 5.73 Å². The quantitative estimate of drug-likeness (QED) is 0.680. The normalized spacial score (nSPS) is 17.2. The summed E-state index contributed by atoms with van der Waals surface area (Å²) in [6.07, 6.45) is 3.42. The molecular weight excluding hydrogens is 230 g/mol. The molecule has 1 aliphatic heterocycles. The first-order chi connectivity index (χ1) is 8.72. The Morgan fingerprint density at radius 1 is 1.72 bits per heavy atom. The third-order valence-electron chi connectivity index (χ3n) is 3.32. The summed E-state index contributed by atoms with van der Waals surface area (Å²) in [6, 6.07) is 2.20. The zero-order valence-electron chi connectivity index (χ0n) is 10.7. The Bertz CT molecular complexity index is 399. The van der Waals surface area contributed by atoms with E-state index in [2.05, 4.69) is 15.7 Å². The lowest BCUT2D eigenvalue weighted by molar-refractivity contribution is -0.119. The summed E-state index contributed by atoms with van der Waals surface area (Å²) >= 11 is 0. The minimum absolute atomic E-state index is 0.0172. The summed E-state index contributed by atoms with van der Waals surface area (Å²) in [5.74, 6) is 0.806. The Balaban J connectivity index is 1.92. The Morgan fingerprint density at radius 3 is 3.11 bits per heavy atom. The molecule has 100 valence electrons. The van der Waals surface area contributed by atoms with Gasteiger partial charge in [-0.1, -0.05) is 6.92 Å². The van der Waals surface area contributed by atoms with Gasteiger partial charge in [-0.25, -0.2) is 4.68 Å². The van der Waals surface area contributed by atoms with E-state index in [1.165, 1.54) is 0 Å². The number of carbonyl (C=O) groups is 1. The third kappa shape index (κ3) is 2.88. The molecule has 0 aliphatic carbocycles. The van der Waals surface area contributed by atoms with Crippen molar-refractivity contribution >= 4 is 11.7 Å². The molecule has 0 radical (unpaired) electrons. The summed E-state index contributed by atoms with van der Waals surface area (Å²) in [5.41, 5.74) is 5.45. The molecule has 1 amide bonds. The van der Waals surface area contributed by atoms with Crippen LogP contribution in [0.15, 0.2) is 12.3 Å². The number of hydrogen-bond donors (Lipinski definition) is 3. The van der Waals surface area contributed by atoms with Gasteiger partial charge in [-0.15, -0.1) is 0 Å². The van der Waals surface area contributed by atoms with Gasteiger partial charge in [-0.05, 0) is 19.4 Å². The Hall–Kier alpha value is -1.40. The molecule has 6 nitrogen and oxygen atoms in total. The van der Waals surface area contributed by atoms with Gasteiger partial charge in [-0.2, -0.15) is 5.10 Å². The first-order valence-electron chi connectivity index (χ1n) is 6.47. The predicted octanol–water partition coefficient (Wildman–Crippen LogP) is 0.341. The molecule has 0 bridgehead atoms. The van der Waals surface area contributed by atoms with Crippen molar-refractivity contribution in [2.75, 3.05) is 25.0 Å². The lowest BCUT2D eigenvalue weighted by Gasteiger charge is -2.29. The standard InChI is InChI=1S/C12H21N5O/c1-9(3-2-5-13)12(18)16-11-4-6-15-17(11)10-7-14-8-10/h4,6,9-10,14H,2-3,5,7-8,13H2,1H3,(H,16,18). The van der Waals surface area contributed by atoms with Gasteiger partial charge < -0.3 is 16.4 Å². The maximum absolute atomic E-state index is 12.0. The van der Waals surface area contributed by atoms with Crippen LogP contribution in [-0.4, -0.2) is 35.3 Å². The fourth-order valence-corrected chi connectivity index (χ4v) is 1.96. The summed E-state index contributed by atoms with van der Waals surface area (Å²) in [5, 5.41) is 10.4. The van der Waals surface area contributed by atoms with E-state index in [0.717, 1.165) is 31.7 Å². The maximum atomic E-state index is 12.0. The molecule has 2 heterocycles. The number of nitrogens with two attached hydrogens (primary N) is 1. The highest BCUT2D eigenvalue weighted by molar-refractivity contribution is 5.91. The van der Waals surface area contributed by atoms with Crippen molar-refractivity contribution in [1.82, 2.24) is 15.1 Å². The van der Waals surface area contributed by atoms with Crippen molar-refractivity contribution in [2.45, 2.75) is 25.8 Å². The van der Waals surface area contributed by atoms with Gasteiger partial charge >= 0.3 is 0 Å². The van der Waals surface area contributed by atoms with Gasteiger partial charge in [-0.3, -0.25) is 4.79 Å². The van der Waals surface area contributed by atoms with Gasteiger partial charge in [0, 0.05) is 25.1 Å². The van der Waals surface area contributed by atoms with Crippen molar-refractivity contribution in [3.63, 3.8) is 0 Å². The van der Waals surface area contributed by atoms with Crippen LogP contribution in [0.5, 0.6) is 0 Å². The van der Waals surface area contributed by atoms with Crippen LogP contribution in [0.2, 0.25) is 0 Å². The number of nitrogens with one attached hydrogen (secondary N) is 2. The second-order valence-corrected chi connectivity index (χ2v) is 4.79. The van der Waals surface area contributed by atoms with E-state index in [0.29, 0.717) is 12.6 Å². The third-order valence-corrected chi connectivity index (χ3v) is 3.32. The van der Waals surface area contributed by atoms with Gasteiger partial charge in [0.1, 0.15) is 5.82 Å². The molecule has 6 heteroatoms. The average Bonchev–Trinajstić information content (AvgIpc) is 2.72. The summed E-state index contributed by atoms with van der Waals surface area (Å²) < 4.78 is 1.88. The van der Waals surface area contributed by atoms with Crippen molar-refractivity contribution in [3.05, 3.63) is 12.3 Å². The summed E-state index contributed by atoms with van der Waals surface area (Å²) in [7, 11) is 0. The molecule has 0 aromatic carbocycles. The lowest BCUT2D eigenvalue weighted by atomic mass is 10.1. The van der Waals surface area contributed by atoms with Gasteiger partial charge in [0.25, 0.3) is 0 Å². The highest BCUT2D eigenvalue weighted by atomic mass is 16.2. The van der Waals surface area contributed by atoms with Crippen molar-refractivity contribution in [3.8, 4) is 0 Å². The second-order valence-electron chi connectivity index (χ2n) is 4.79. The Morgan fingerprint density at radius 2 is 2.50 bits per heavy atom. The van der Waals surface area contributed by atoms with E-state index in [1.807, 2.05) is 17.7 Å². The molecule has 1 aliphatic rings. The lowest BCUT2D eigenvalue weighted by Crippen LogP contribution is -2.44. The fourth-order valence-electron chi connectivity index (χ4n) is 1.96. The van der Waals surface area contributed by atoms with E-state index in [1.54, 1.807) is 6.20 Å². The van der Waals surface area contributed by atoms with Crippen LogP contribution in [0.1, 0.15) is 25.8 Å². The average molecular weight is 251 g/mol. The van der Waals surface area contributed by atoms with E-state index >= 15 is 0 Å². The van der Waals surface area contributed by atoms with Crippen LogP contribution >= 0.6 is 0 Å². The number of aromatic nitrogens is 2. The number of rotatable bonds is 6. The number of hydrogen-bond acceptors (Lipinski definition) is 4. The van der Waals surface area contributed by atoms with Gasteiger partial charge in [0.2, 0.25) is 5.91 Å². The molecule has 18 heavy (non-hydrogen) atoms. The highest BCUT2D eigenvalue weighted by Gasteiger charge is 2.23. The predicted molar refractivity (Wildman–Crippen MR) is 70.2 cm³/mol. The number of amides is 1. The Labute approximate surface area is 107 Å². The second kappa shape index (κ2) is 5.97. The SMILES string of the molecule is CC(CCCN)C(=O)Nc1ccnn1C1CNC1. The minimum Gasteiger partial charge on any atom is -0.330 e. The molecule has 4 N–H and O–H groups in total. The van der Waals surface area contributed by atoms with Crippen LogP contribution in [0.25, 0.3) is 0 Å². The molecule has 2 rings (SSSR count). The first kappa shape index (κ1) is 13.0. The molecule has 1 aromatic heterocycles. The first-order valence-corrected chi connectivity index (χ1v) is 6.47. The van der Waals surface area contributed by atoms with Crippen molar-refractivity contribution in [1.29, 1.82) is 0 Å². The smallest absolute Gasteiger partial charge is 0.228 e. The molecule has 0 saturated carbocycles. The fraction of sp³-hybridized carbons (Fsp3) is 0.667. The maximum Gasteiger partial charge on any atom is 0.228 e. The minimum atomic E-state index is -0.0172. The van der Waals surface area contributed by atoms with Gasteiger partial charge in [0.05, 0.1) is 12.2 Å². The zero-order valence-corrected chi connectivity index (χ0v) is 10.7. The van der Waals surface area contributed by atoms with Crippen LogP contribution in [-0.2, 0) is 4.79 Å². The van der Waals surface area contributed by atoms with Crippen molar-refractivity contribution in [2.24, 2.45) is 11.7 Å². The summed E-state index contributed by atoms with van der Waals surface area (Å²) in [4.78, 5) is 12.0. The molecule has 1 atom stereocenters. The molecule has 0 spiro atoms. The summed E-state index contributed by atoms with van der Waals surface area (Å²) in [6.45, 7) is 4.38. The van der Waals surface area contributed by atoms with Gasteiger partial charge in [0.15, 0.2) is 0 Å². The van der Waals surface area contributed by atoms with Crippen LogP contribution in [0, 0.1) is 5.92 Å². The molecule has 1 saturated heterocycles. The number of nitrogens with zero attached hydrogens (tertiary/aromatic N) is 2.